The zero-order valence-corrected chi connectivity index (χ0v) is 15.1. The third kappa shape index (κ3) is 4.51. The Labute approximate surface area is 156 Å². The van der Waals surface area contributed by atoms with Crippen molar-refractivity contribution in [2.24, 2.45) is 0 Å². The standard InChI is InChI=1S/C17H15BrF3N3O2/c18-13-8-22-16(23-9-13)26-14-5-2-6-24(10-14)15(25)11-3-1-4-12(7-11)17(19,20)21/h1,3-4,7-9,14H,2,5-6,10H2. The van der Waals surface area contributed by atoms with Gasteiger partial charge in [-0.1, -0.05) is 6.07 Å². The topological polar surface area (TPSA) is 55.3 Å². The maximum absolute atomic E-state index is 12.8. The number of piperidine rings is 1. The molecular formula is C17H15BrF3N3O2. The number of hydrogen-bond donors (Lipinski definition) is 0. The first-order valence-corrected chi connectivity index (χ1v) is 8.73. The number of ether oxygens (including phenoxy) is 1. The third-order valence-corrected chi connectivity index (χ3v) is 4.38. The number of likely N-dealkylation sites (tertiary alicyclic amines) is 1. The maximum atomic E-state index is 12.8. The molecule has 0 radical (unpaired) electrons. The fourth-order valence-electron chi connectivity index (χ4n) is 2.74. The van der Waals surface area contributed by atoms with Gasteiger partial charge in [0, 0.05) is 24.5 Å². The summed E-state index contributed by atoms with van der Waals surface area (Å²) in [5.74, 6) is -0.443. The van der Waals surface area contributed by atoms with Gasteiger partial charge in [-0.15, -0.1) is 0 Å². The highest BCUT2D eigenvalue weighted by atomic mass is 79.9. The lowest BCUT2D eigenvalue weighted by molar-refractivity contribution is -0.137. The molecule has 138 valence electrons. The zero-order chi connectivity index (χ0) is 18.7. The van der Waals surface area contributed by atoms with Crippen LogP contribution in [0, 0.1) is 0 Å². The summed E-state index contributed by atoms with van der Waals surface area (Å²) in [7, 11) is 0. The molecule has 1 atom stereocenters. The SMILES string of the molecule is O=C(c1cccc(C(F)(F)F)c1)N1CCCC(Oc2ncc(Br)cn2)C1. The van der Waals surface area contributed by atoms with Crippen LogP contribution in [0.15, 0.2) is 41.1 Å². The van der Waals surface area contributed by atoms with Gasteiger partial charge in [-0.05, 0) is 47.0 Å². The van der Waals surface area contributed by atoms with E-state index >= 15 is 0 Å². The molecule has 1 fully saturated rings. The minimum atomic E-state index is -4.48. The number of hydrogen-bond acceptors (Lipinski definition) is 4. The van der Waals surface area contributed by atoms with Gasteiger partial charge in [0.2, 0.25) is 0 Å². The van der Waals surface area contributed by atoms with Crippen LogP contribution in [0.3, 0.4) is 0 Å². The molecule has 26 heavy (non-hydrogen) atoms. The molecule has 1 aromatic heterocycles. The van der Waals surface area contributed by atoms with E-state index in [1.54, 1.807) is 12.4 Å². The summed E-state index contributed by atoms with van der Waals surface area (Å²) in [6.07, 6.45) is -0.284. The molecule has 0 saturated carbocycles. The summed E-state index contributed by atoms with van der Waals surface area (Å²) in [6.45, 7) is 0.741. The minimum Gasteiger partial charge on any atom is -0.458 e. The highest BCUT2D eigenvalue weighted by Gasteiger charge is 2.32. The molecule has 0 spiro atoms. The molecule has 1 saturated heterocycles. The molecule has 0 aliphatic carbocycles. The molecule has 9 heteroatoms. The summed E-state index contributed by atoms with van der Waals surface area (Å²) in [4.78, 5) is 22.2. The van der Waals surface area contributed by atoms with Gasteiger partial charge in [0.05, 0.1) is 16.6 Å². The number of aromatic nitrogens is 2. The quantitative estimate of drug-likeness (QED) is 0.741. The minimum absolute atomic E-state index is 0.0142. The van der Waals surface area contributed by atoms with Gasteiger partial charge in [0.15, 0.2) is 0 Å². The van der Waals surface area contributed by atoms with Crippen LogP contribution in [-0.2, 0) is 6.18 Å². The fourth-order valence-corrected chi connectivity index (χ4v) is 2.95. The Morgan fingerprint density at radius 3 is 2.69 bits per heavy atom. The number of benzene rings is 1. The molecule has 5 nitrogen and oxygen atoms in total. The van der Waals surface area contributed by atoms with E-state index in [-0.39, 0.29) is 24.2 Å². The molecule has 1 aliphatic rings. The molecule has 2 aromatic rings. The lowest BCUT2D eigenvalue weighted by Crippen LogP contribution is -2.44. The van der Waals surface area contributed by atoms with Gasteiger partial charge in [-0.2, -0.15) is 13.2 Å². The number of alkyl halides is 3. The highest BCUT2D eigenvalue weighted by Crippen LogP contribution is 2.30. The Morgan fingerprint density at radius 1 is 1.27 bits per heavy atom. The summed E-state index contributed by atoms with van der Waals surface area (Å²) < 4.78 is 44.9. The van der Waals surface area contributed by atoms with E-state index < -0.39 is 17.6 Å². The van der Waals surface area contributed by atoms with Crippen LogP contribution in [0.25, 0.3) is 0 Å². The van der Waals surface area contributed by atoms with E-state index in [0.717, 1.165) is 16.6 Å². The lowest BCUT2D eigenvalue weighted by Gasteiger charge is -2.32. The van der Waals surface area contributed by atoms with Crippen molar-refractivity contribution >= 4 is 21.8 Å². The first-order chi connectivity index (χ1) is 12.3. The van der Waals surface area contributed by atoms with Crippen LogP contribution in [0.4, 0.5) is 13.2 Å². The second-order valence-electron chi connectivity index (χ2n) is 5.90. The Morgan fingerprint density at radius 2 is 2.00 bits per heavy atom. The monoisotopic (exact) mass is 429 g/mol. The molecule has 3 rings (SSSR count). The number of carbonyl (C=O) groups is 1. The van der Waals surface area contributed by atoms with Crippen molar-refractivity contribution < 1.29 is 22.7 Å². The van der Waals surface area contributed by atoms with Crippen molar-refractivity contribution in [3.8, 4) is 6.01 Å². The maximum Gasteiger partial charge on any atom is 0.416 e. The Kier molecular flexibility index (Phi) is 5.45. The first-order valence-electron chi connectivity index (χ1n) is 7.93. The van der Waals surface area contributed by atoms with Crippen LogP contribution < -0.4 is 4.74 Å². The van der Waals surface area contributed by atoms with Gasteiger partial charge in [-0.3, -0.25) is 4.79 Å². The predicted molar refractivity (Wildman–Crippen MR) is 90.7 cm³/mol. The van der Waals surface area contributed by atoms with E-state index in [4.69, 9.17) is 4.74 Å². The molecular weight excluding hydrogens is 415 g/mol. The Hall–Kier alpha value is -2.16. The van der Waals surface area contributed by atoms with Gasteiger partial charge in [0.1, 0.15) is 6.10 Å². The second-order valence-corrected chi connectivity index (χ2v) is 6.81. The Bertz CT molecular complexity index is 784. The lowest BCUT2D eigenvalue weighted by atomic mass is 10.1. The molecule has 1 amide bonds. The molecule has 1 unspecified atom stereocenters. The summed E-state index contributed by atoms with van der Waals surface area (Å²) in [6, 6.07) is 4.66. The molecule has 0 bridgehead atoms. The molecule has 1 aromatic carbocycles. The zero-order valence-electron chi connectivity index (χ0n) is 13.5. The number of amides is 1. The van der Waals surface area contributed by atoms with Crippen LogP contribution in [0.1, 0.15) is 28.8 Å². The smallest absolute Gasteiger partial charge is 0.416 e. The van der Waals surface area contributed by atoms with E-state index in [9.17, 15) is 18.0 Å². The van der Waals surface area contributed by atoms with Crippen molar-refractivity contribution in [3.63, 3.8) is 0 Å². The fraction of sp³-hybridized carbons (Fsp3) is 0.353. The van der Waals surface area contributed by atoms with Crippen molar-refractivity contribution in [3.05, 3.63) is 52.3 Å². The van der Waals surface area contributed by atoms with Crippen molar-refractivity contribution in [1.29, 1.82) is 0 Å². The van der Waals surface area contributed by atoms with E-state index in [1.807, 2.05) is 0 Å². The number of carbonyl (C=O) groups excluding carboxylic acids is 1. The predicted octanol–water partition coefficient (Wildman–Crippen LogP) is 3.94. The second kappa shape index (κ2) is 7.61. The molecule has 1 aliphatic heterocycles. The van der Waals surface area contributed by atoms with Crippen LogP contribution >= 0.6 is 15.9 Å². The van der Waals surface area contributed by atoms with Crippen LogP contribution in [0.5, 0.6) is 6.01 Å². The highest BCUT2D eigenvalue weighted by molar-refractivity contribution is 9.10. The summed E-state index contributed by atoms with van der Waals surface area (Å²) in [5, 5.41) is 0. The van der Waals surface area contributed by atoms with Gasteiger partial charge >= 0.3 is 12.2 Å². The van der Waals surface area contributed by atoms with Gasteiger partial charge in [-0.25, -0.2) is 9.97 Å². The average Bonchev–Trinajstić information content (AvgIpc) is 2.63. The van der Waals surface area contributed by atoms with Crippen molar-refractivity contribution in [1.82, 2.24) is 14.9 Å². The number of halogens is 4. The van der Waals surface area contributed by atoms with Gasteiger partial charge < -0.3 is 9.64 Å². The molecule has 0 N–H and O–H groups in total. The van der Waals surface area contributed by atoms with Gasteiger partial charge in [0.25, 0.3) is 5.91 Å². The van der Waals surface area contributed by atoms with E-state index in [2.05, 4.69) is 25.9 Å². The number of rotatable bonds is 3. The summed E-state index contributed by atoms with van der Waals surface area (Å²) >= 11 is 3.23. The van der Waals surface area contributed by atoms with E-state index in [1.165, 1.54) is 17.0 Å². The average molecular weight is 430 g/mol. The van der Waals surface area contributed by atoms with E-state index in [0.29, 0.717) is 19.4 Å². The van der Waals surface area contributed by atoms with Crippen molar-refractivity contribution in [2.45, 2.75) is 25.1 Å². The largest absolute Gasteiger partial charge is 0.458 e. The molecule has 2 heterocycles. The van der Waals surface area contributed by atoms with Crippen LogP contribution in [-0.4, -0.2) is 40.0 Å². The summed E-state index contributed by atoms with van der Waals surface area (Å²) in [5.41, 5.74) is -0.822. The normalized spacial score (nSPS) is 17.8. The third-order valence-electron chi connectivity index (χ3n) is 3.97. The van der Waals surface area contributed by atoms with Crippen LogP contribution in [0.2, 0.25) is 0 Å². The first kappa shape index (κ1) is 18.6. The van der Waals surface area contributed by atoms with Crippen molar-refractivity contribution in [2.75, 3.05) is 13.1 Å². The Balaban J connectivity index is 1.69. The number of nitrogens with zero attached hydrogens (tertiary/aromatic N) is 3.